The standard InChI is InChI=1S/C24H34N6O4/c1-3-30-23(32)20(21(25)31)22(29-24(30)28-16-8-12-34-13-9-16)27-17-4-5-18(19(14-17)33-2)15-6-10-26-11-7-15/h4-5,14-16,26-27H,3,6-13H2,1-2H3,(H2,25,31)(H,28,29). The van der Waals surface area contributed by atoms with Crippen LogP contribution in [0.3, 0.4) is 0 Å². The fourth-order valence-electron chi connectivity index (χ4n) is 4.69. The van der Waals surface area contributed by atoms with E-state index in [-0.39, 0.29) is 17.4 Å². The highest BCUT2D eigenvalue weighted by molar-refractivity contribution is 5.98. The van der Waals surface area contributed by atoms with E-state index in [1.54, 1.807) is 7.11 Å². The van der Waals surface area contributed by atoms with Crippen molar-refractivity contribution in [2.75, 3.05) is 44.0 Å². The summed E-state index contributed by atoms with van der Waals surface area (Å²) in [7, 11) is 1.65. The molecule has 184 valence electrons. The number of ether oxygens (including phenoxy) is 2. The number of carbonyl (C=O) groups is 1. The van der Waals surface area contributed by atoms with Gasteiger partial charge in [0.25, 0.3) is 11.5 Å². The second-order valence-corrected chi connectivity index (χ2v) is 8.71. The second-order valence-electron chi connectivity index (χ2n) is 8.71. The molecule has 10 heteroatoms. The summed E-state index contributed by atoms with van der Waals surface area (Å²) in [6, 6.07) is 5.97. The highest BCUT2D eigenvalue weighted by Crippen LogP contribution is 2.35. The van der Waals surface area contributed by atoms with E-state index in [4.69, 9.17) is 15.2 Å². The SMILES string of the molecule is CCn1c(NC2CCOCC2)nc(Nc2ccc(C3CCNCC3)c(OC)c2)c(C(N)=O)c1=O. The Labute approximate surface area is 199 Å². The summed E-state index contributed by atoms with van der Waals surface area (Å²) in [5.74, 6) is 0.907. The molecule has 2 aliphatic heterocycles. The first-order valence-corrected chi connectivity index (χ1v) is 12.0. The van der Waals surface area contributed by atoms with Crippen LogP contribution in [0.15, 0.2) is 23.0 Å². The molecule has 0 unspecified atom stereocenters. The maximum absolute atomic E-state index is 13.2. The van der Waals surface area contributed by atoms with Crippen molar-refractivity contribution in [3.05, 3.63) is 39.7 Å². The molecule has 3 heterocycles. The van der Waals surface area contributed by atoms with Gasteiger partial charge in [-0.2, -0.15) is 4.98 Å². The number of nitrogens with two attached hydrogens (primary N) is 1. The minimum atomic E-state index is -0.821. The first-order chi connectivity index (χ1) is 16.5. The van der Waals surface area contributed by atoms with Gasteiger partial charge in [-0.25, -0.2) is 0 Å². The molecule has 2 saturated heterocycles. The predicted octanol–water partition coefficient (Wildman–Crippen LogP) is 2.17. The highest BCUT2D eigenvalue weighted by Gasteiger charge is 2.24. The van der Waals surface area contributed by atoms with Crippen molar-refractivity contribution in [1.29, 1.82) is 0 Å². The van der Waals surface area contributed by atoms with E-state index in [0.717, 1.165) is 50.1 Å². The van der Waals surface area contributed by atoms with Gasteiger partial charge >= 0.3 is 0 Å². The zero-order valence-electron chi connectivity index (χ0n) is 19.9. The van der Waals surface area contributed by atoms with Crippen LogP contribution in [0.4, 0.5) is 17.5 Å². The summed E-state index contributed by atoms with van der Waals surface area (Å²) >= 11 is 0. The Hall–Kier alpha value is -3.11. The van der Waals surface area contributed by atoms with Gasteiger partial charge in [0, 0.05) is 37.6 Å². The topological polar surface area (TPSA) is 133 Å². The molecule has 0 spiro atoms. The Bertz CT molecular complexity index is 1070. The average Bonchev–Trinajstić information content (AvgIpc) is 2.85. The van der Waals surface area contributed by atoms with E-state index in [9.17, 15) is 9.59 Å². The molecule has 2 aliphatic rings. The molecular weight excluding hydrogens is 436 g/mol. The van der Waals surface area contributed by atoms with Crippen LogP contribution in [0.1, 0.15) is 54.4 Å². The number of rotatable bonds is 8. The summed E-state index contributed by atoms with van der Waals surface area (Å²) in [5, 5.41) is 9.89. The number of benzene rings is 1. The van der Waals surface area contributed by atoms with Crippen molar-refractivity contribution >= 4 is 23.4 Å². The van der Waals surface area contributed by atoms with E-state index < -0.39 is 11.5 Å². The Morgan fingerprint density at radius 2 is 2.00 bits per heavy atom. The molecule has 1 aromatic heterocycles. The van der Waals surface area contributed by atoms with E-state index in [1.807, 2.05) is 25.1 Å². The first-order valence-electron chi connectivity index (χ1n) is 12.0. The van der Waals surface area contributed by atoms with Gasteiger partial charge in [0.1, 0.15) is 11.3 Å². The third-order valence-corrected chi connectivity index (χ3v) is 6.56. The van der Waals surface area contributed by atoms with Crippen molar-refractivity contribution in [3.63, 3.8) is 0 Å². The smallest absolute Gasteiger partial charge is 0.269 e. The quantitative estimate of drug-likeness (QED) is 0.461. The monoisotopic (exact) mass is 470 g/mol. The Balaban J connectivity index is 1.68. The third kappa shape index (κ3) is 5.18. The molecule has 34 heavy (non-hydrogen) atoms. The lowest BCUT2D eigenvalue weighted by Crippen LogP contribution is -2.36. The summed E-state index contributed by atoms with van der Waals surface area (Å²) in [6.07, 6.45) is 3.73. The minimum Gasteiger partial charge on any atom is -0.496 e. The normalized spacial score (nSPS) is 17.4. The van der Waals surface area contributed by atoms with Gasteiger partial charge in [0.15, 0.2) is 5.82 Å². The fraction of sp³-hybridized carbons (Fsp3) is 0.542. The lowest BCUT2D eigenvalue weighted by Gasteiger charge is -2.26. The molecule has 1 amide bonds. The Morgan fingerprint density at radius 1 is 1.26 bits per heavy atom. The van der Waals surface area contributed by atoms with Gasteiger partial charge in [-0.05, 0) is 63.2 Å². The van der Waals surface area contributed by atoms with Gasteiger partial charge in [0.2, 0.25) is 5.95 Å². The predicted molar refractivity (Wildman–Crippen MR) is 131 cm³/mol. The number of methoxy groups -OCH3 is 1. The minimum absolute atomic E-state index is 0.133. The maximum Gasteiger partial charge on any atom is 0.269 e. The third-order valence-electron chi connectivity index (χ3n) is 6.56. The molecular formula is C24H34N6O4. The molecule has 10 nitrogen and oxygen atoms in total. The number of amides is 1. The number of aromatic nitrogens is 2. The lowest BCUT2D eigenvalue weighted by molar-refractivity contribution is 0.0902. The number of nitrogens with zero attached hydrogens (tertiary/aromatic N) is 2. The van der Waals surface area contributed by atoms with E-state index in [1.165, 1.54) is 4.57 Å². The van der Waals surface area contributed by atoms with Crippen LogP contribution < -0.4 is 32.0 Å². The van der Waals surface area contributed by atoms with Crippen molar-refractivity contribution in [2.45, 2.75) is 51.1 Å². The zero-order valence-corrected chi connectivity index (χ0v) is 19.9. The molecule has 2 fully saturated rings. The summed E-state index contributed by atoms with van der Waals surface area (Å²) in [6.45, 7) is 5.47. The number of carbonyl (C=O) groups excluding carboxylic acids is 1. The molecule has 0 bridgehead atoms. The highest BCUT2D eigenvalue weighted by atomic mass is 16.5. The van der Waals surface area contributed by atoms with E-state index in [0.29, 0.717) is 37.3 Å². The van der Waals surface area contributed by atoms with Crippen molar-refractivity contribution in [1.82, 2.24) is 14.9 Å². The first kappa shape index (κ1) is 24.0. The van der Waals surface area contributed by atoms with Crippen LogP contribution in [-0.4, -0.2) is 54.9 Å². The maximum atomic E-state index is 13.2. The summed E-state index contributed by atoms with van der Waals surface area (Å²) in [4.78, 5) is 30.1. The number of piperidine rings is 1. The molecule has 0 saturated carbocycles. The van der Waals surface area contributed by atoms with Crippen LogP contribution in [0, 0.1) is 0 Å². The van der Waals surface area contributed by atoms with E-state index >= 15 is 0 Å². The number of hydrogen-bond acceptors (Lipinski definition) is 8. The number of primary amides is 1. The summed E-state index contributed by atoms with van der Waals surface area (Å²) < 4.78 is 12.6. The van der Waals surface area contributed by atoms with Gasteiger partial charge < -0.3 is 31.2 Å². The molecule has 5 N–H and O–H groups in total. The molecule has 0 aliphatic carbocycles. The van der Waals surface area contributed by atoms with E-state index in [2.05, 4.69) is 20.9 Å². The fourth-order valence-corrected chi connectivity index (χ4v) is 4.69. The van der Waals surface area contributed by atoms with Crippen LogP contribution in [0.5, 0.6) is 5.75 Å². The Morgan fingerprint density at radius 3 is 2.65 bits per heavy atom. The van der Waals surface area contributed by atoms with Crippen LogP contribution in [0.25, 0.3) is 0 Å². The van der Waals surface area contributed by atoms with Crippen LogP contribution in [-0.2, 0) is 11.3 Å². The average molecular weight is 471 g/mol. The molecule has 1 aromatic carbocycles. The number of anilines is 3. The van der Waals surface area contributed by atoms with Gasteiger partial charge in [0.05, 0.1) is 7.11 Å². The van der Waals surface area contributed by atoms with Crippen molar-refractivity contribution < 1.29 is 14.3 Å². The lowest BCUT2D eigenvalue weighted by atomic mass is 9.89. The largest absolute Gasteiger partial charge is 0.496 e. The van der Waals surface area contributed by atoms with Crippen LogP contribution >= 0.6 is 0 Å². The van der Waals surface area contributed by atoms with Crippen molar-refractivity contribution in [2.24, 2.45) is 5.73 Å². The summed E-state index contributed by atoms with van der Waals surface area (Å²) in [5.41, 5.74) is 6.78. The Kier molecular flexibility index (Phi) is 7.69. The zero-order chi connectivity index (χ0) is 24.1. The number of hydrogen-bond donors (Lipinski definition) is 4. The van der Waals surface area contributed by atoms with Crippen molar-refractivity contribution in [3.8, 4) is 5.75 Å². The van der Waals surface area contributed by atoms with Gasteiger partial charge in [-0.15, -0.1) is 0 Å². The van der Waals surface area contributed by atoms with Crippen LogP contribution in [0.2, 0.25) is 0 Å². The van der Waals surface area contributed by atoms with Gasteiger partial charge in [-0.1, -0.05) is 6.07 Å². The molecule has 2 aromatic rings. The molecule has 0 atom stereocenters. The number of nitrogens with one attached hydrogen (secondary N) is 3. The second kappa shape index (κ2) is 10.9. The molecule has 0 radical (unpaired) electrons. The molecule has 4 rings (SSSR count). The van der Waals surface area contributed by atoms with Gasteiger partial charge in [-0.3, -0.25) is 14.2 Å².